The standard InChI is InChI=1S/C27H56/c1-11-17-23(15-5)22(10)26(19-13-3)24(16-6)27(20(7)8)25(18-12-2)21(9)14-4/h20-27H,11-19H2,1-10H3. The van der Waals surface area contributed by atoms with E-state index in [1.54, 1.807) is 0 Å². The van der Waals surface area contributed by atoms with E-state index in [9.17, 15) is 0 Å². The largest absolute Gasteiger partial charge is 0.0654 e. The van der Waals surface area contributed by atoms with Gasteiger partial charge in [0.25, 0.3) is 0 Å². The van der Waals surface area contributed by atoms with E-state index in [0.29, 0.717) is 0 Å². The van der Waals surface area contributed by atoms with Gasteiger partial charge in [-0.05, 0) is 47.3 Å². The molecule has 0 saturated carbocycles. The van der Waals surface area contributed by atoms with Crippen molar-refractivity contribution in [2.24, 2.45) is 47.3 Å². The molecule has 0 saturated heterocycles. The van der Waals surface area contributed by atoms with Gasteiger partial charge >= 0.3 is 0 Å². The van der Waals surface area contributed by atoms with Gasteiger partial charge in [-0.3, -0.25) is 0 Å². The Morgan fingerprint density at radius 3 is 1.41 bits per heavy atom. The molecule has 0 rings (SSSR count). The van der Waals surface area contributed by atoms with E-state index >= 15 is 0 Å². The molecule has 0 radical (unpaired) electrons. The second-order valence-electron chi connectivity index (χ2n) is 10.0. The topological polar surface area (TPSA) is 0 Å². The molecule has 0 aromatic heterocycles. The van der Waals surface area contributed by atoms with Crippen molar-refractivity contribution in [3.8, 4) is 0 Å². The number of hydrogen-bond acceptors (Lipinski definition) is 0. The van der Waals surface area contributed by atoms with Crippen molar-refractivity contribution >= 4 is 0 Å². The fraction of sp³-hybridized carbons (Fsp3) is 1.00. The molecular weight excluding hydrogens is 324 g/mol. The van der Waals surface area contributed by atoms with Gasteiger partial charge in [0.05, 0.1) is 0 Å². The fourth-order valence-corrected chi connectivity index (χ4v) is 6.42. The summed E-state index contributed by atoms with van der Waals surface area (Å²) in [5, 5.41) is 0. The maximum atomic E-state index is 2.61. The van der Waals surface area contributed by atoms with Crippen molar-refractivity contribution in [3.63, 3.8) is 0 Å². The average Bonchev–Trinajstić information content (AvgIpc) is 2.66. The van der Waals surface area contributed by atoms with Gasteiger partial charge in [0.1, 0.15) is 0 Å². The molecule has 0 spiro atoms. The lowest BCUT2D eigenvalue weighted by molar-refractivity contribution is 0.0316. The summed E-state index contributed by atoms with van der Waals surface area (Å²) in [6.45, 7) is 24.7. The van der Waals surface area contributed by atoms with Gasteiger partial charge in [-0.1, -0.05) is 127 Å². The average molecular weight is 381 g/mol. The maximum Gasteiger partial charge on any atom is -0.0329 e. The minimum atomic E-state index is 0.804. The van der Waals surface area contributed by atoms with Crippen LogP contribution in [-0.4, -0.2) is 0 Å². The lowest BCUT2D eigenvalue weighted by Crippen LogP contribution is -2.39. The second kappa shape index (κ2) is 14.9. The van der Waals surface area contributed by atoms with Crippen LogP contribution in [0, 0.1) is 47.3 Å². The van der Waals surface area contributed by atoms with Crippen molar-refractivity contribution in [2.75, 3.05) is 0 Å². The SMILES string of the molecule is CCCC(CC)C(C)C(CCC)C(CC)C(C(C)C)C(CCC)C(C)CC. The first-order valence-corrected chi connectivity index (χ1v) is 12.8. The molecule has 0 bridgehead atoms. The number of hydrogen-bond donors (Lipinski definition) is 0. The van der Waals surface area contributed by atoms with Gasteiger partial charge < -0.3 is 0 Å². The van der Waals surface area contributed by atoms with Crippen molar-refractivity contribution in [2.45, 2.75) is 127 Å². The molecule has 164 valence electrons. The molecule has 0 amide bonds. The Hall–Kier alpha value is 0. The van der Waals surface area contributed by atoms with E-state index in [-0.39, 0.29) is 0 Å². The predicted octanol–water partition coefficient (Wildman–Crippen LogP) is 9.63. The van der Waals surface area contributed by atoms with E-state index < -0.39 is 0 Å². The molecule has 0 heteroatoms. The van der Waals surface area contributed by atoms with Crippen LogP contribution in [0.4, 0.5) is 0 Å². The van der Waals surface area contributed by atoms with Crippen LogP contribution >= 0.6 is 0 Å². The summed E-state index contributed by atoms with van der Waals surface area (Å²) < 4.78 is 0. The Labute approximate surface area is 174 Å². The summed E-state index contributed by atoms with van der Waals surface area (Å²) in [4.78, 5) is 0. The fourth-order valence-electron chi connectivity index (χ4n) is 6.42. The highest BCUT2D eigenvalue weighted by molar-refractivity contribution is 4.88. The Morgan fingerprint density at radius 1 is 0.519 bits per heavy atom. The van der Waals surface area contributed by atoms with Gasteiger partial charge in [-0.25, -0.2) is 0 Å². The molecule has 0 aromatic carbocycles. The molecule has 0 N–H and O–H groups in total. The lowest BCUT2D eigenvalue weighted by Gasteiger charge is -2.46. The smallest absolute Gasteiger partial charge is 0.0329 e. The minimum Gasteiger partial charge on any atom is -0.0654 e. The zero-order valence-electron chi connectivity index (χ0n) is 21.0. The highest BCUT2D eigenvalue weighted by Gasteiger charge is 2.39. The molecular formula is C27H56. The van der Waals surface area contributed by atoms with Crippen LogP contribution < -0.4 is 0 Å². The zero-order valence-corrected chi connectivity index (χ0v) is 21.0. The van der Waals surface area contributed by atoms with Gasteiger partial charge in [0, 0.05) is 0 Å². The van der Waals surface area contributed by atoms with Crippen molar-refractivity contribution in [1.82, 2.24) is 0 Å². The van der Waals surface area contributed by atoms with Crippen LogP contribution in [0.25, 0.3) is 0 Å². The van der Waals surface area contributed by atoms with Crippen LogP contribution in [0.2, 0.25) is 0 Å². The van der Waals surface area contributed by atoms with Crippen molar-refractivity contribution in [1.29, 1.82) is 0 Å². The Kier molecular flexibility index (Phi) is 14.9. The van der Waals surface area contributed by atoms with Gasteiger partial charge in [0.15, 0.2) is 0 Å². The van der Waals surface area contributed by atoms with Gasteiger partial charge in [-0.2, -0.15) is 0 Å². The van der Waals surface area contributed by atoms with Crippen molar-refractivity contribution in [3.05, 3.63) is 0 Å². The molecule has 7 unspecified atom stereocenters. The first-order valence-electron chi connectivity index (χ1n) is 12.8. The zero-order chi connectivity index (χ0) is 21.0. The molecule has 0 aliphatic heterocycles. The van der Waals surface area contributed by atoms with E-state index in [2.05, 4.69) is 69.2 Å². The molecule has 0 nitrogen and oxygen atoms in total. The highest BCUT2D eigenvalue weighted by Crippen LogP contribution is 2.47. The second-order valence-corrected chi connectivity index (χ2v) is 10.0. The maximum absolute atomic E-state index is 2.61. The van der Waals surface area contributed by atoms with E-state index in [4.69, 9.17) is 0 Å². The third-order valence-electron chi connectivity index (χ3n) is 8.00. The summed E-state index contributed by atoms with van der Waals surface area (Å²) >= 11 is 0. The van der Waals surface area contributed by atoms with E-state index in [1.807, 2.05) is 0 Å². The monoisotopic (exact) mass is 380 g/mol. The first kappa shape index (κ1) is 27.0. The van der Waals surface area contributed by atoms with Crippen LogP contribution in [0.15, 0.2) is 0 Å². The summed E-state index contributed by atoms with van der Waals surface area (Å²) in [6, 6.07) is 0. The van der Waals surface area contributed by atoms with Crippen LogP contribution in [0.3, 0.4) is 0 Å². The first-order chi connectivity index (χ1) is 12.8. The van der Waals surface area contributed by atoms with Crippen LogP contribution in [0.1, 0.15) is 127 Å². The Balaban J connectivity index is 5.88. The van der Waals surface area contributed by atoms with Crippen LogP contribution in [0.5, 0.6) is 0 Å². The highest BCUT2D eigenvalue weighted by atomic mass is 14.4. The van der Waals surface area contributed by atoms with Crippen molar-refractivity contribution < 1.29 is 0 Å². The molecule has 0 aliphatic carbocycles. The molecule has 0 aliphatic rings. The third-order valence-corrected chi connectivity index (χ3v) is 8.00. The van der Waals surface area contributed by atoms with E-state index in [1.165, 1.54) is 57.8 Å². The normalized spacial score (nSPS) is 20.1. The quantitative estimate of drug-likeness (QED) is 0.250. The summed E-state index contributed by atoms with van der Waals surface area (Å²) in [5.74, 6) is 7.07. The minimum absolute atomic E-state index is 0.804. The lowest BCUT2D eigenvalue weighted by atomic mass is 9.60. The van der Waals surface area contributed by atoms with Crippen LogP contribution in [-0.2, 0) is 0 Å². The Morgan fingerprint density at radius 2 is 1.04 bits per heavy atom. The molecule has 0 fully saturated rings. The summed E-state index contributed by atoms with van der Waals surface area (Å²) in [5.41, 5.74) is 0. The molecule has 0 heterocycles. The summed E-state index contributed by atoms with van der Waals surface area (Å²) in [7, 11) is 0. The molecule has 7 atom stereocenters. The van der Waals surface area contributed by atoms with E-state index in [0.717, 1.165) is 47.3 Å². The predicted molar refractivity (Wildman–Crippen MR) is 126 cm³/mol. The summed E-state index contributed by atoms with van der Waals surface area (Å²) in [6.07, 6.45) is 12.4. The number of rotatable bonds is 16. The third kappa shape index (κ3) is 8.10. The molecule has 0 aromatic rings. The Bertz CT molecular complexity index is 331. The van der Waals surface area contributed by atoms with Gasteiger partial charge in [-0.15, -0.1) is 0 Å². The molecule has 27 heavy (non-hydrogen) atoms. The van der Waals surface area contributed by atoms with Gasteiger partial charge in [0.2, 0.25) is 0 Å².